The van der Waals surface area contributed by atoms with Crippen molar-refractivity contribution in [3.63, 3.8) is 0 Å². The molecule has 162 valence electrons. The number of hydrogen-bond donors (Lipinski definition) is 1. The zero-order valence-electron chi connectivity index (χ0n) is 17.4. The second kappa shape index (κ2) is 7.92. The number of aliphatic imine (C=N–C) groups is 1. The molecular weight excluding hydrogens is 424 g/mol. The maximum atomic E-state index is 15.0. The van der Waals surface area contributed by atoms with Gasteiger partial charge in [-0.1, -0.05) is 16.9 Å². The van der Waals surface area contributed by atoms with Gasteiger partial charge in [0, 0.05) is 46.0 Å². The molecule has 0 spiro atoms. The molecule has 2 atom stereocenters. The van der Waals surface area contributed by atoms with Crippen LogP contribution in [0.1, 0.15) is 41.2 Å². The summed E-state index contributed by atoms with van der Waals surface area (Å²) in [6.07, 6.45) is 3.28. The first-order valence-electron chi connectivity index (χ1n) is 9.52. The molecule has 10 heteroatoms. The van der Waals surface area contributed by atoms with Gasteiger partial charge < -0.3 is 15.0 Å². The Morgan fingerprint density at radius 3 is 2.52 bits per heavy atom. The Bertz CT molecular complexity index is 1150. The highest BCUT2D eigenvalue weighted by molar-refractivity contribution is 8.14. The quantitative estimate of drug-likeness (QED) is 0.634. The lowest BCUT2D eigenvalue weighted by molar-refractivity contribution is 0.380. The average Bonchev–Trinajstić information content (AvgIpc) is 3.05. The molecule has 0 unspecified atom stereocenters. The number of amidine groups is 1. The van der Waals surface area contributed by atoms with Gasteiger partial charge in [-0.15, -0.1) is 0 Å². The Morgan fingerprint density at radius 2 is 1.90 bits per heavy atom. The van der Waals surface area contributed by atoms with Crippen molar-refractivity contribution in [3.05, 3.63) is 58.7 Å². The van der Waals surface area contributed by atoms with Crippen LogP contribution in [0.5, 0.6) is 6.01 Å². The number of halogens is 2. The Kier molecular flexibility index (Phi) is 5.42. The van der Waals surface area contributed by atoms with Crippen LogP contribution in [-0.4, -0.2) is 27.4 Å². The number of aromatic nitrogens is 3. The summed E-state index contributed by atoms with van der Waals surface area (Å²) < 4.78 is 39.9. The van der Waals surface area contributed by atoms with Crippen molar-refractivity contribution < 1.29 is 18.0 Å². The highest BCUT2D eigenvalue weighted by atomic mass is 32.2. The fourth-order valence-electron chi connectivity index (χ4n) is 3.89. The van der Waals surface area contributed by atoms with E-state index in [0.717, 1.165) is 17.3 Å². The van der Waals surface area contributed by atoms with Crippen LogP contribution in [0.2, 0.25) is 0 Å². The predicted octanol–water partition coefficient (Wildman–Crippen LogP) is 4.44. The van der Waals surface area contributed by atoms with Crippen LogP contribution in [0.25, 0.3) is 11.1 Å². The number of thioether (sulfide) groups is 1. The molecule has 2 N–H and O–H groups in total. The van der Waals surface area contributed by atoms with Gasteiger partial charge in [-0.3, -0.25) is 4.99 Å². The molecule has 31 heavy (non-hydrogen) atoms. The van der Waals surface area contributed by atoms with E-state index in [0.29, 0.717) is 22.9 Å². The number of methoxy groups -OCH3 is 1. The van der Waals surface area contributed by atoms with Crippen LogP contribution in [-0.2, 0) is 5.54 Å². The number of rotatable bonds is 4. The molecule has 0 amide bonds. The van der Waals surface area contributed by atoms with Crippen molar-refractivity contribution in [2.45, 2.75) is 38.0 Å². The number of hydrogen-bond acceptors (Lipinski definition) is 8. The summed E-state index contributed by atoms with van der Waals surface area (Å²) in [5.74, 6) is -0.732. The second-order valence-corrected chi connectivity index (χ2v) is 8.77. The van der Waals surface area contributed by atoms with Crippen molar-refractivity contribution in [3.8, 4) is 17.1 Å². The van der Waals surface area contributed by atoms with Gasteiger partial charge in [0.15, 0.2) is 5.17 Å². The van der Waals surface area contributed by atoms with Crippen molar-refractivity contribution in [2.75, 3.05) is 7.11 Å². The van der Waals surface area contributed by atoms with E-state index in [1.54, 1.807) is 6.92 Å². The molecule has 2 aromatic heterocycles. The first-order valence-corrected chi connectivity index (χ1v) is 10.4. The molecule has 3 aromatic rings. The van der Waals surface area contributed by atoms with Gasteiger partial charge in [-0.25, -0.2) is 18.7 Å². The standard InChI is InChI=1S/C21H21F2N5O2S/c1-10-18(11(2)30-28-10)17-7-21(3,27-19(24)31-17)14-5-13(15(22)6-16(14)23)12-8-25-20(29-4)26-9-12/h5-6,8-9,17H,7H2,1-4H3,(H2,24,27)/t17-,21-/m0/s1. The van der Waals surface area contributed by atoms with Gasteiger partial charge in [0.25, 0.3) is 0 Å². The Labute approximate surface area is 182 Å². The molecular formula is C21H21F2N5O2S. The predicted molar refractivity (Wildman–Crippen MR) is 114 cm³/mol. The number of nitrogens with zero attached hydrogens (tertiary/aromatic N) is 4. The molecule has 1 aromatic carbocycles. The van der Waals surface area contributed by atoms with Gasteiger partial charge in [0.05, 0.1) is 18.3 Å². The van der Waals surface area contributed by atoms with Crippen LogP contribution < -0.4 is 10.5 Å². The lowest BCUT2D eigenvalue weighted by Gasteiger charge is -2.35. The summed E-state index contributed by atoms with van der Waals surface area (Å²) in [6, 6.07) is 2.47. The highest BCUT2D eigenvalue weighted by Crippen LogP contribution is 2.49. The molecule has 3 heterocycles. The van der Waals surface area contributed by atoms with Crippen molar-refractivity contribution in [1.82, 2.24) is 15.1 Å². The minimum Gasteiger partial charge on any atom is -0.467 e. The average molecular weight is 445 g/mol. The zero-order chi connectivity index (χ0) is 22.3. The molecule has 4 rings (SSSR count). The van der Waals surface area contributed by atoms with Crippen LogP contribution in [0.4, 0.5) is 8.78 Å². The Morgan fingerprint density at radius 1 is 1.19 bits per heavy atom. The number of nitrogens with two attached hydrogens (primary N) is 1. The lowest BCUT2D eigenvalue weighted by Crippen LogP contribution is -2.31. The summed E-state index contributed by atoms with van der Waals surface area (Å²) >= 11 is 1.38. The van der Waals surface area contributed by atoms with Crippen LogP contribution >= 0.6 is 11.8 Å². The van der Waals surface area contributed by atoms with Crippen LogP contribution in [0.3, 0.4) is 0 Å². The monoisotopic (exact) mass is 445 g/mol. The fourth-order valence-corrected chi connectivity index (χ4v) is 5.30. The minimum atomic E-state index is -1.02. The van der Waals surface area contributed by atoms with Gasteiger partial charge in [-0.05, 0) is 33.3 Å². The van der Waals surface area contributed by atoms with Crippen molar-refractivity contribution >= 4 is 16.9 Å². The smallest absolute Gasteiger partial charge is 0.316 e. The summed E-state index contributed by atoms with van der Waals surface area (Å²) in [6.45, 7) is 5.47. The van der Waals surface area contributed by atoms with E-state index >= 15 is 4.39 Å². The minimum absolute atomic E-state index is 0.133. The largest absolute Gasteiger partial charge is 0.467 e. The molecule has 1 aliphatic rings. The molecule has 1 aliphatic heterocycles. The van der Waals surface area contributed by atoms with E-state index < -0.39 is 17.2 Å². The van der Waals surface area contributed by atoms with Crippen molar-refractivity contribution in [1.29, 1.82) is 0 Å². The lowest BCUT2D eigenvalue weighted by atomic mass is 9.84. The fraction of sp³-hybridized carbons (Fsp3) is 0.333. The van der Waals surface area contributed by atoms with E-state index in [4.69, 9.17) is 15.0 Å². The summed E-state index contributed by atoms with van der Waals surface area (Å²) in [7, 11) is 1.44. The van der Waals surface area contributed by atoms with E-state index in [1.807, 2.05) is 13.8 Å². The van der Waals surface area contributed by atoms with Crippen molar-refractivity contribution in [2.24, 2.45) is 10.7 Å². The SMILES string of the molecule is COc1ncc(-c2cc([C@]3(C)C[C@@H](c4c(C)noc4C)SC(N)=N3)c(F)cc2F)cn1. The molecule has 0 radical (unpaired) electrons. The first-order chi connectivity index (χ1) is 14.7. The molecule has 0 aliphatic carbocycles. The Balaban J connectivity index is 1.79. The maximum Gasteiger partial charge on any atom is 0.316 e. The number of benzene rings is 1. The molecule has 0 saturated carbocycles. The van der Waals surface area contributed by atoms with E-state index in [2.05, 4.69) is 20.1 Å². The molecule has 0 saturated heterocycles. The third-order valence-corrected chi connectivity index (χ3v) is 6.39. The van der Waals surface area contributed by atoms with E-state index in [1.165, 1.54) is 37.3 Å². The maximum absolute atomic E-state index is 15.0. The Hall–Kier alpha value is -3.01. The van der Waals surface area contributed by atoms with E-state index in [-0.39, 0.29) is 22.4 Å². The normalized spacial score (nSPS) is 21.1. The van der Waals surface area contributed by atoms with Gasteiger partial charge in [-0.2, -0.15) is 0 Å². The van der Waals surface area contributed by atoms with E-state index in [9.17, 15) is 4.39 Å². The van der Waals surface area contributed by atoms with Crippen LogP contribution in [0.15, 0.2) is 34.0 Å². The summed E-state index contributed by atoms with van der Waals surface area (Å²) in [5, 5.41) is 4.20. The second-order valence-electron chi connectivity index (χ2n) is 7.54. The van der Waals surface area contributed by atoms with Gasteiger partial charge in [0.2, 0.25) is 0 Å². The zero-order valence-corrected chi connectivity index (χ0v) is 18.3. The van der Waals surface area contributed by atoms with Gasteiger partial charge in [0.1, 0.15) is 17.4 Å². The van der Waals surface area contributed by atoms with Gasteiger partial charge >= 0.3 is 6.01 Å². The first kappa shape index (κ1) is 21.2. The number of aryl methyl sites for hydroxylation is 2. The van der Waals surface area contributed by atoms with Crippen LogP contribution in [0, 0.1) is 25.5 Å². The summed E-state index contributed by atoms with van der Waals surface area (Å²) in [4.78, 5) is 12.6. The summed E-state index contributed by atoms with van der Waals surface area (Å²) in [5.41, 5.74) is 7.59. The third-order valence-electron chi connectivity index (χ3n) is 5.37. The molecule has 0 bridgehead atoms. The molecule has 0 fully saturated rings. The number of ether oxygens (including phenoxy) is 1. The highest BCUT2D eigenvalue weighted by Gasteiger charge is 2.39. The molecule has 7 nitrogen and oxygen atoms in total. The topological polar surface area (TPSA) is 99.4 Å². The third kappa shape index (κ3) is 3.87.